The van der Waals surface area contributed by atoms with Gasteiger partial charge in [0, 0.05) is 24.6 Å². The van der Waals surface area contributed by atoms with Gasteiger partial charge >= 0.3 is 0 Å². The minimum absolute atomic E-state index is 0.0467. The lowest BCUT2D eigenvalue weighted by atomic mass is 10.3. The van der Waals surface area contributed by atoms with E-state index >= 15 is 0 Å². The number of fused-ring (bicyclic) bond motifs is 2. The van der Waals surface area contributed by atoms with Crippen LogP contribution in [-0.2, 0) is 10.0 Å². The van der Waals surface area contributed by atoms with Crippen molar-refractivity contribution in [2.75, 3.05) is 24.7 Å². The van der Waals surface area contributed by atoms with Gasteiger partial charge in [-0.3, -0.25) is 4.72 Å². The van der Waals surface area contributed by atoms with E-state index in [-0.39, 0.29) is 22.4 Å². The number of halogens is 1. The number of anilines is 1. The van der Waals surface area contributed by atoms with Crippen molar-refractivity contribution in [1.82, 2.24) is 0 Å². The monoisotopic (exact) mass is 383 g/mol. The van der Waals surface area contributed by atoms with E-state index in [9.17, 15) is 8.42 Å². The van der Waals surface area contributed by atoms with Crippen LogP contribution in [0.1, 0.15) is 6.42 Å². The van der Waals surface area contributed by atoms with Gasteiger partial charge in [-0.2, -0.15) is 0 Å². The lowest BCUT2D eigenvalue weighted by Crippen LogP contribution is -2.13. The summed E-state index contributed by atoms with van der Waals surface area (Å²) >= 11 is 6.13. The van der Waals surface area contributed by atoms with Crippen LogP contribution in [0.25, 0.3) is 0 Å². The maximum Gasteiger partial charge on any atom is 0.262 e. The number of nitrogens with one attached hydrogen (secondary N) is 1. The summed E-state index contributed by atoms with van der Waals surface area (Å²) in [6, 6.07) is 7.47. The van der Waals surface area contributed by atoms with E-state index < -0.39 is 10.0 Å². The molecule has 0 spiro atoms. The van der Waals surface area contributed by atoms with E-state index in [2.05, 4.69) is 4.72 Å². The largest absolute Gasteiger partial charge is 0.490 e. The van der Waals surface area contributed by atoms with Gasteiger partial charge in [-0.1, -0.05) is 11.6 Å². The lowest BCUT2D eigenvalue weighted by Gasteiger charge is -2.12. The summed E-state index contributed by atoms with van der Waals surface area (Å²) in [6.07, 6.45) is 0.738. The van der Waals surface area contributed by atoms with E-state index in [1.807, 2.05) is 0 Å². The fourth-order valence-electron chi connectivity index (χ4n) is 2.51. The first-order chi connectivity index (χ1) is 12.0. The highest BCUT2D eigenvalue weighted by atomic mass is 35.5. The molecule has 4 rings (SSSR count). The summed E-state index contributed by atoms with van der Waals surface area (Å²) in [5.74, 6) is 1.83. The predicted molar refractivity (Wildman–Crippen MR) is 90.4 cm³/mol. The molecule has 0 aliphatic carbocycles. The van der Waals surface area contributed by atoms with Crippen molar-refractivity contribution in [2.24, 2.45) is 0 Å². The minimum atomic E-state index is -3.87. The standard InChI is InChI=1S/C16H14ClNO6S/c17-11-7-15-16(24-9-23-15)8-12(11)18-25(19,20)10-2-3-13-14(6-10)22-5-1-4-21-13/h2-3,6-8,18H,1,4-5,9H2. The Morgan fingerprint density at radius 1 is 0.880 bits per heavy atom. The van der Waals surface area contributed by atoms with Gasteiger partial charge in [0.25, 0.3) is 10.0 Å². The third-order valence-corrected chi connectivity index (χ3v) is 5.41. The average Bonchev–Trinajstić information content (AvgIpc) is 2.89. The smallest absolute Gasteiger partial charge is 0.262 e. The van der Waals surface area contributed by atoms with Crippen molar-refractivity contribution >= 4 is 27.3 Å². The highest BCUT2D eigenvalue weighted by Gasteiger charge is 2.22. The first kappa shape index (κ1) is 16.2. The van der Waals surface area contributed by atoms with Gasteiger partial charge in [-0.25, -0.2) is 8.42 Å². The number of rotatable bonds is 3. The van der Waals surface area contributed by atoms with Gasteiger partial charge in [0.1, 0.15) is 0 Å². The summed E-state index contributed by atoms with van der Waals surface area (Å²) < 4.78 is 49.3. The third-order valence-electron chi connectivity index (χ3n) is 3.74. The first-order valence-electron chi connectivity index (χ1n) is 7.54. The molecule has 132 valence electrons. The molecule has 2 aromatic carbocycles. The van der Waals surface area contributed by atoms with Crippen LogP contribution < -0.4 is 23.7 Å². The molecular formula is C16H14ClNO6S. The van der Waals surface area contributed by atoms with Crippen molar-refractivity contribution in [3.8, 4) is 23.0 Å². The van der Waals surface area contributed by atoms with Gasteiger partial charge < -0.3 is 18.9 Å². The molecule has 25 heavy (non-hydrogen) atoms. The summed E-state index contributed by atoms with van der Waals surface area (Å²) in [5, 5.41) is 0.210. The highest BCUT2D eigenvalue weighted by Crippen LogP contribution is 2.40. The molecule has 0 saturated heterocycles. The van der Waals surface area contributed by atoms with Crippen LogP contribution in [0.3, 0.4) is 0 Å². The Kier molecular flexibility index (Phi) is 4.01. The Balaban J connectivity index is 1.65. The molecule has 0 saturated carbocycles. The molecule has 0 atom stereocenters. The van der Waals surface area contributed by atoms with Crippen molar-refractivity contribution in [3.63, 3.8) is 0 Å². The van der Waals surface area contributed by atoms with Crippen molar-refractivity contribution in [3.05, 3.63) is 35.4 Å². The van der Waals surface area contributed by atoms with E-state index in [0.717, 1.165) is 6.42 Å². The van der Waals surface area contributed by atoms with Gasteiger partial charge in [0.15, 0.2) is 23.0 Å². The quantitative estimate of drug-likeness (QED) is 0.877. The zero-order chi connectivity index (χ0) is 17.4. The van der Waals surface area contributed by atoms with Crippen LogP contribution in [0, 0.1) is 0 Å². The molecule has 2 heterocycles. The van der Waals surface area contributed by atoms with E-state index in [1.54, 1.807) is 6.07 Å². The van der Waals surface area contributed by atoms with Gasteiger partial charge in [0.05, 0.1) is 28.8 Å². The molecule has 2 aliphatic heterocycles. The summed E-state index contributed by atoms with van der Waals surface area (Å²) in [5.41, 5.74) is 0.207. The summed E-state index contributed by atoms with van der Waals surface area (Å²) in [6.45, 7) is 1.08. The van der Waals surface area contributed by atoms with Crippen LogP contribution in [0.2, 0.25) is 5.02 Å². The van der Waals surface area contributed by atoms with Gasteiger partial charge in [-0.15, -0.1) is 0 Å². The van der Waals surface area contributed by atoms with Crippen LogP contribution in [0.5, 0.6) is 23.0 Å². The Morgan fingerprint density at radius 3 is 2.36 bits per heavy atom. The molecule has 0 fully saturated rings. The molecule has 0 bridgehead atoms. The molecule has 1 N–H and O–H groups in total. The summed E-state index contributed by atoms with van der Waals surface area (Å²) in [7, 11) is -3.87. The molecule has 7 nitrogen and oxygen atoms in total. The molecule has 0 amide bonds. The average molecular weight is 384 g/mol. The van der Waals surface area contributed by atoms with E-state index in [4.69, 9.17) is 30.5 Å². The van der Waals surface area contributed by atoms with Crippen LogP contribution in [0.15, 0.2) is 35.2 Å². The lowest BCUT2D eigenvalue weighted by molar-refractivity contribution is 0.174. The van der Waals surface area contributed by atoms with Gasteiger partial charge in [0.2, 0.25) is 6.79 Å². The second kappa shape index (κ2) is 6.20. The number of sulfonamides is 1. The predicted octanol–water partition coefficient (Wildman–Crippen LogP) is 3.03. The normalized spacial score (nSPS) is 15.6. The molecule has 9 heteroatoms. The van der Waals surface area contributed by atoms with Crippen LogP contribution in [-0.4, -0.2) is 28.4 Å². The number of hydrogen-bond donors (Lipinski definition) is 1. The summed E-state index contributed by atoms with van der Waals surface area (Å²) in [4.78, 5) is 0.0467. The Morgan fingerprint density at radius 2 is 1.56 bits per heavy atom. The number of ether oxygens (including phenoxy) is 4. The molecule has 2 aliphatic rings. The Labute approximate surface area is 149 Å². The molecule has 0 aromatic heterocycles. The maximum absolute atomic E-state index is 12.7. The molecule has 2 aromatic rings. The maximum atomic E-state index is 12.7. The Hall–Kier alpha value is -2.32. The van der Waals surface area contributed by atoms with Crippen LogP contribution in [0.4, 0.5) is 5.69 Å². The van der Waals surface area contributed by atoms with Crippen molar-refractivity contribution in [2.45, 2.75) is 11.3 Å². The Bertz CT molecular complexity index is 930. The third kappa shape index (κ3) is 3.14. The molecule has 0 radical (unpaired) electrons. The second-order valence-electron chi connectivity index (χ2n) is 5.45. The molecule has 0 unspecified atom stereocenters. The van der Waals surface area contributed by atoms with Gasteiger partial charge in [-0.05, 0) is 12.1 Å². The topological polar surface area (TPSA) is 83.1 Å². The first-order valence-corrected chi connectivity index (χ1v) is 9.41. The van der Waals surface area contributed by atoms with E-state index in [1.165, 1.54) is 24.3 Å². The van der Waals surface area contributed by atoms with Crippen LogP contribution >= 0.6 is 11.6 Å². The number of benzene rings is 2. The van der Waals surface area contributed by atoms with E-state index in [0.29, 0.717) is 36.2 Å². The SMILES string of the molecule is O=S(=O)(Nc1cc2c(cc1Cl)OCO2)c1ccc2c(c1)OCCCO2. The fraction of sp³-hybridized carbons (Fsp3) is 0.250. The highest BCUT2D eigenvalue weighted by molar-refractivity contribution is 7.92. The fourth-order valence-corrected chi connectivity index (χ4v) is 3.85. The zero-order valence-corrected chi connectivity index (χ0v) is 14.5. The van der Waals surface area contributed by atoms with Crippen molar-refractivity contribution < 1.29 is 27.4 Å². The molecular weight excluding hydrogens is 370 g/mol. The van der Waals surface area contributed by atoms with Crippen molar-refractivity contribution in [1.29, 1.82) is 0 Å². The second-order valence-corrected chi connectivity index (χ2v) is 7.54. The zero-order valence-electron chi connectivity index (χ0n) is 13.0. The minimum Gasteiger partial charge on any atom is -0.490 e. The number of hydrogen-bond acceptors (Lipinski definition) is 6.